The van der Waals surface area contributed by atoms with Crippen LogP contribution in [0.4, 0.5) is 0 Å². The summed E-state index contributed by atoms with van der Waals surface area (Å²) in [4.78, 5) is 10.8. The van der Waals surface area contributed by atoms with Crippen molar-refractivity contribution in [3.63, 3.8) is 0 Å². The Morgan fingerprint density at radius 1 is 0.840 bits per heavy atom. The van der Waals surface area contributed by atoms with Crippen molar-refractivity contribution in [1.29, 1.82) is 0 Å². The van der Waals surface area contributed by atoms with Crippen molar-refractivity contribution >= 4 is 17.9 Å². The lowest BCUT2D eigenvalue weighted by Crippen LogP contribution is -2.33. The summed E-state index contributed by atoms with van der Waals surface area (Å²) in [6, 6.07) is 14.7. The van der Waals surface area contributed by atoms with Crippen molar-refractivity contribution in [2.45, 2.75) is 58.3 Å². The van der Waals surface area contributed by atoms with Crippen LogP contribution in [-0.4, -0.2) is 6.29 Å². The smallest absolute Gasteiger partial charge is 0.150 e. The first-order chi connectivity index (χ1) is 11.7. The van der Waals surface area contributed by atoms with Gasteiger partial charge in [-0.25, -0.2) is 0 Å². The van der Waals surface area contributed by atoms with Crippen molar-refractivity contribution in [2.24, 2.45) is 0 Å². The fraction of sp³-hybridized carbons (Fsp3) is 0.375. The summed E-state index contributed by atoms with van der Waals surface area (Å²) in [5.74, 6) is 0. The highest BCUT2D eigenvalue weighted by atomic mass is 16.1. The van der Waals surface area contributed by atoms with E-state index >= 15 is 0 Å². The molecular formula is C24H28O. The van der Waals surface area contributed by atoms with Gasteiger partial charge in [-0.3, -0.25) is 4.79 Å². The summed E-state index contributed by atoms with van der Waals surface area (Å²) >= 11 is 0. The van der Waals surface area contributed by atoms with Gasteiger partial charge in [-0.05, 0) is 58.4 Å². The lowest BCUT2D eigenvalue weighted by atomic mass is 9.63. The Labute approximate surface area is 151 Å². The molecule has 1 aliphatic rings. The molecule has 0 unspecified atom stereocenters. The van der Waals surface area contributed by atoms with Crippen molar-refractivity contribution in [1.82, 2.24) is 0 Å². The molecule has 0 bridgehead atoms. The van der Waals surface area contributed by atoms with Crippen LogP contribution in [0.25, 0.3) is 11.6 Å². The number of rotatable bonds is 3. The average Bonchev–Trinajstić information content (AvgIpc) is 2.59. The van der Waals surface area contributed by atoms with Crippen LogP contribution in [0.1, 0.15) is 80.1 Å². The van der Waals surface area contributed by atoms with E-state index in [0.717, 1.165) is 11.8 Å². The van der Waals surface area contributed by atoms with Crippen molar-refractivity contribution in [3.05, 3.63) is 70.3 Å². The predicted molar refractivity (Wildman–Crippen MR) is 107 cm³/mol. The third-order valence-corrected chi connectivity index (χ3v) is 5.76. The van der Waals surface area contributed by atoms with Crippen LogP contribution in [0, 0.1) is 0 Å². The zero-order valence-corrected chi connectivity index (χ0v) is 16.0. The zero-order chi connectivity index (χ0) is 18.2. The van der Waals surface area contributed by atoms with E-state index in [4.69, 9.17) is 0 Å². The van der Waals surface area contributed by atoms with Gasteiger partial charge in [-0.1, -0.05) is 76.2 Å². The van der Waals surface area contributed by atoms with Gasteiger partial charge in [0.25, 0.3) is 0 Å². The third-order valence-electron chi connectivity index (χ3n) is 5.76. The predicted octanol–water partition coefficient (Wildman–Crippen LogP) is 6.41. The molecule has 1 heteroatoms. The number of carbonyl (C=O) groups excluding carboxylic acids is 1. The van der Waals surface area contributed by atoms with Gasteiger partial charge in [-0.15, -0.1) is 0 Å². The van der Waals surface area contributed by atoms with Crippen molar-refractivity contribution in [3.8, 4) is 0 Å². The van der Waals surface area contributed by atoms with E-state index < -0.39 is 0 Å². The Balaban J connectivity index is 2.00. The fourth-order valence-corrected chi connectivity index (χ4v) is 3.84. The van der Waals surface area contributed by atoms with Gasteiger partial charge in [0, 0.05) is 5.56 Å². The molecule has 0 aromatic heterocycles. The second-order valence-corrected chi connectivity index (χ2v) is 8.64. The second kappa shape index (κ2) is 6.29. The summed E-state index contributed by atoms with van der Waals surface area (Å²) in [5.41, 5.74) is 7.84. The lowest BCUT2D eigenvalue weighted by molar-refractivity contribution is 0.112. The Morgan fingerprint density at radius 2 is 1.40 bits per heavy atom. The number of fused-ring (bicyclic) bond motifs is 1. The molecule has 1 nitrogen and oxygen atoms in total. The topological polar surface area (TPSA) is 17.1 Å². The molecule has 1 aliphatic carbocycles. The quantitative estimate of drug-likeness (QED) is 0.469. The van der Waals surface area contributed by atoms with E-state index in [1.807, 2.05) is 24.3 Å². The number of aldehydes is 1. The maximum atomic E-state index is 10.8. The fourth-order valence-electron chi connectivity index (χ4n) is 3.84. The van der Waals surface area contributed by atoms with Crippen LogP contribution < -0.4 is 0 Å². The third kappa shape index (κ3) is 3.46. The molecule has 0 spiro atoms. The molecule has 2 aromatic rings. The Bertz CT molecular complexity index is 820. The molecule has 0 amide bonds. The molecule has 0 N–H and O–H groups in total. The minimum absolute atomic E-state index is 0.229. The van der Waals surface area contributed by atoms with Crippen LogP contribution in [0.15, 0.2) is 42.5 Å². The molecule has 0 aliphatic heterocycles. The summed E-state index contributed by atoms with van der Waals surface area (Å²) in [6.45, 7) is 11.6. The number of carbonyl (C=O) groups is 1. The van der Waals surface area contributed by atoms with Crippen LogP contribution in [0.3, 0.4) is 0 Å². The van der Waals surface area contributed by atoms with Crippen LogP contribution >= 0.6 is 0 Å². The first-order valence-corrected chi connectivity index (χ1v) is 9.12. The highest BCUT2D eigenvalue weighted by Gasteiger charge is 2.36. The summed E-state index contributed by atoms with van der Waals surface area (Å²) in [7, 11) is 0. The van der Waals surface area contributed by atoms with Gasteiger partial charge in [0.05, 0.1) is 0 Å². The Kier molecular flexibility index (Phi) is 4.45. The molecule has 3 rings (SSSR count). The minimum Gasteiger partial charge on any atom is -0.298 e. The minimum atomic E-state index is 0.229. The number of allylic oxidation sites excluding steroid dienone is 1. The monoisotopic (exact) mass is 332 g/mol. The molecule has 2 aromatic carbocycles. The van der Waals surface area contributed by atoms with Gasteiger partial charge >= 0.3 is 0 Å². The van der Waals surface area contributed by atoms with E-state index in [1.165, 1.54) is 35.1 Å². The highest BCUT2D eigenvalue weighted by Crippen LogP contribution is 2.46. The molecule has 25 heavy (non-hydrogen) atoms. The van der Waals surface area contributed by atoms with Crippen LogP contribution in [-0.2, 0) is 10.8 Å². The van der Waals surface area contributed by atoms with Crippen molar-refractivity contribution in [2.75, 3.05) is 0 Å². The maximum Gasteiger partial charge on any atom is 0.150 e. The molecule has 0 saturated heterocycles. The summed E-state index contributed by atoms with van der Waals surface area (Å²) in [6.07, 6.45) is 5.54. The summed E-state index contributed by atoms with van der Waals surface area (Å²) in [5, 5.41) is 0. The normalized spacial score (nSPS) is 18.5. The van der Waals surface area contributed by atoms with Crippen LogP contribution in [0.5, 0.6) is 0 Å². The van der Waals surface area contributed by atoms with E-state index in [1.54, 1.807) is 0 Å². The van der Waals surface area contributed by atoms with E-state index in [-0.39, 0.29) is 10.8 Å². The Hall–Kier alpha value is -2.15. The molecule has 0 radical (unpaired) electrons. The van der Waals surface area contributed by atoms with Crippen molar-refractivity contribution < 1.29 is 4.79 Å². The van der Waals surface area contributed by atoms with Gasteiger partial charge < -0.3 is 0 Å². The molecular weight excluding hydrogens is 304 g/mol. The first kappa shape index (κ1) is 17.7. The molecule has 130 valence electrons. The molecule has 0 saturated carbocycles. The largest absolute Gasteiger partial charge is 0.298 e. The maximum absolute atomic E-state index is 10.8. The zero-order valence-electron chi connectivity index (χ0n) is 16.0. The van der Waals surface area contributed by atoms with E-state index in [9.17, 15) is 4.79 Å². The van der Waals surface area contributed by atoms with Gasteiger partial charge in [0.1, 0.15) is 6.29 Å². The molecule has 0 atom stereocenters. The lowest BCUT2D eigenvalue weighted by Gasteiger charge is -2.42. The van der Waals surface area contributed by atoms with Gasteiger partial charge in [-0.2, -0.15) is 0 Å². The average molecular weight is 332 g/mol. The Morgan fingerprint density at radius 3 is 2.00 bits per heavy atom. The van der Waals surface area contributed by atoms with E-state index in [0.29, 0.717) is 5.56 Å². The van der Waals surface area contributed by atoms with Crippen LogP contribution in [0.2, 0.25) is 0 Å². The van der Waals surface area contributed by atoms with Gasteiger partial charge in [0.15, 0.2) is 0 Å². The number of hydrogen-bond acceptors (Lipinski definition) is 1. The number of hydrogen-bond donors (Lipinski definition) is 0. The second-order valence-electron chi connectivity index (χ2n) is 8.64. The molecule has 0 heterocycles. The first-order valence-electron chi connectivity index (χ1n) is 9.12. The number of benzene rings is 2. The highest BCUT2D eigenvalue weighted by molar-refractivity contribution is 5.82. The van der Waals surface area contributed by atoms with Gasteiger partial charge in [0.2, 0.25) is 0 Å². The summed E-state index contributed by atoms with van der Waals surface area (Å²) < 4.78 is 0. The molecule has 0 fully saturated rings. The SMILES string of the molecule is C/C(=C\c1ccc(C=O)cc1)c1ccc2c(c1)C(C)(C)CCC2(C)C. The van der Waals surface area contributed by atoms with E-state index in [2.05, 4.69) is 58.9 Å². The standard InChI is InChI=1S/C24H28O/c1-17(14-18-6-8-19(16-25)9-7-18)20-10-11-21-22(15-20)24(4,5)13-12-23(21,2)3/h6-11,14-16H,12-13H2,1-5H3/b17-14+.